The highest BCUT2D eigenvalue weighted by Gasteiger charge is 2.34. The average Bonchev–Trinajstić information content (AvgIpc) is 2.58. The molecule has 0 fully saturated rings. The Balaban J connectivity index is 2.37. The zero-order valence-corrected chi connectivity index (χ0v) is 13.4. The van der Waals surface area contributed by atoms with Crippen molar-refractivity contribution in [1.29, 1.82) is 0 Å². The molecule has 0 aliphatic carbocycles. The number of carboxylic acid groups (broad SMARTS) is 2. The van der Waals surface area contributed by atoms with Crippen LogP contribution in [0.4, 0.5) is 0 Å². The van der Waals surface area contributed by atoms with Gasteiger partial charge < -0.3 is 10.2 Å². The molecule has 0 unspecified atom stereocenters. The van der Waals surface area contributed by atoms with Crippen molar-refractivity contribution < 1.29 is 29.4 Å². The lowest BCUT2D eigenvalue weighted by molar-refractivity contribution is 0.0602. The van der Waals surface area contributed by atoms with Crippen LogP contribution in [0.1, 0.15) is 61.2 Å². The smallest absolute Gasteiger partial charge is 0.336 e. The lowest BCUT2D eigenvalue weighted by Gasteiger charge is -2.28. The largest absolute Gasteiger partial charge is 0.478 e. The number of unbranched alkanes of at least 4 members (excludes halogenated alkanes) is 1. The molecule has 0 spiro atoms. The van der Waals surface area contributed by atoms with Crippen molar-refractivity contribution in [2.75, 3.05) is 6.54 Å². The highest BCUT2D eigenvalue weighted by molar-refractivity contribution is 6.29. The van der Waals surface area contributed by atoms with Gasteiger partial charge >= 0.3 is 11.9 Å². The Morgan fingerprint density at radius 1 is 0.880 bits per heavy atom. The molecule has 7 nitrogen and oxygen atoms in total. The van der Waals surface area contributed by atoms with Gasteiger partial charge in [-0.1, -0.05) is 13.3 Å². The van der Waals surface area contributed by atoms with Gasteiger partial charge in [0.1, 0.15) is 0 Å². The van der Waals surface area contributed by atoms with Gasteiger partial charge in [-0.05, 0) is 30.7 Å². The van der Waals surface area contributed by atoms with Crippen molar-refractivity contribution in [1.82, 2.24) is 4.90 Å². The second-order valence-electron chi connectivity index (χ2n) is 5.80. The van der Waals surface area contributed by atoms with E-state index < -0.39 is 23.8 Å². The fourth-order valence-electron chi connectivity index (χ4n) is 3.11. The van der Waals surface area contributed by atoms with E-state index in [1.807, 2.05) is 6.92 Å². The molecule has 7 heteroatoms. The van der Waals surface area contributed by atoms with Crippen LogP contribution < -0.4 is 0 Å². The van der Waals surface area contributed by atoms with Gasteiger partial charge in [-0.25, -0.2) is 9.59 Å². The van der Waals surface area contributed by atoms with E-state index >= 15 is 0 Å². The summed E-state index contributed by atoms with van der Waals surface area (Å²) in [7, 11) is 0. The van der Waals surface area contributed by atoms with Gasteiger partial charge in [0, 0.05) is 28.4 Å². The number of aromatic carboxylic acids is 2. The lowest BCUT2D eigenvalue weighted by atomic mass is 9.88. The van der Waals surface area contributed by atoms with E-state index in [2.05, 4.69) is 0 Å². The lowest BCUT2D eigenvalue weighted by Crippen LogP contribution is -2.41. The van der Waals surface area contributed by atoms with Crippen LogP contribution in [0.25, 0.3) is 10.8 Å². The fourth-order valence-corrected chi connectivity index (χ4v) is 3.11. The van der Waals surface area contributed by atoms with Crippen LogP contribution in [0.2, 0.25) is 0 Å². The van der Waals surface area contributed by atoms with E-state index in [1.165, 1.54) is 24.3 Å². The number of carboxylic acids is 2. The van der Waals surface area contributed by atoms with Crippen LogP contribution in [-0.2, 0) is 0 Å². The summed E-state index contributed by atoms with van der Waals surface area (Å²) in [6.07, 6.45) is 1.45. The van der Waals surface area contributed by atoms with Crippen LogP contribution in [0.3, 0.4) is 0 Å². The molecular weight excluding hydrogens is 326 g/mol. The highest BCUT2D eigenvalue weighted by Crippen LogP contribution is 2.34. The first kappa shape index (κ1) is 16.6. The number of nitrogens with zero attached hydrogens (tertiary/aromatic N) is 1. The molecule has 0 aromatic heterocycles. The summed E-state index contributed by atoms with van der Waals surface area (Å²) in [5, 5.41) is 18.8. The number of benzene rings is 2. The molecule has 128 valence electrons. The maximum atomic E-state index is 12.7. The molecule has 2 N–H and O–H groups in total. The van der Waals surface area contributed by atoms with Gasteiger partial charge in [0.05, 0.1) is 11.1 Å². The van der Waals surface area contributed by atoms with Gasteiger partial charge in [-0.2, -0.15) is 0 Å². The third-order valence-corrected chi connectivity index (χ3v) is 4.31. The summed E-state index contributed by atoms with van der Waals surface area (Å²) in [4.78, 5) is 49.5. The van der Waals surface area contributed by atoms with Gasteiger partial charge in [0.2, 0.25) is 0 Å². The number of carbonyl (C=O) groups is 4. The number of hydrogen-bond donors (Lipinski definition) is 2. The monoisotopic (exact) mass is 341 g/mol. The van der Waals surface area contributed by atoms with Gasteiger partial charge in [0.25, 0.3) is 11.8 Å². The zero-order chi connectivity index (χ0) is 18.3. The second-order valence-corrected chi connectivity index (χ2v) is 5.80. The molecule has 0 saturated heterocycles. The number of amides is 2. The first-order valence-corrected chi connectivity index (χ1v) is 7.81. The van der Waals surface area contributed by atoms with Crippen LogP contribution in [0, 0.1) is 0 Å². The molecule has 0 radical (unpaired) electrons. The summed E-state index contributed by atoms with van der Waals surface area (Å²) < 4.78 is 0. The quantitative estimate of drug-likeness (QED) is 0.809. The summed E-state index contributed by atoms with van der Waals surface area (Å²) >= 11 is 0. The normalized spacial score (nSPS) is 13.4. The minimum atomic E-state index is -1.32. The molecule has 1 aliphatic heterocycles. The Bertz CT molecular complexity index is 877. The molecule has 0 atom stereocenters. The Hall–Kier alpha value is -3.22. The van der Waals surface area contributed by atoms with Gasteiger partial charge in [0.15, 0.2) is 0 Å². The van der Waals surface area contributed by atoms with E-state index in [-0.39, 0.29) is 39.6 Å². The summed E-state index contributed by atoms with van der Waals surface area (Å²) in [6.45, 7) is 2.20. The Morgan fingerprint density at radius 3 is 1.76 bits per heavy atom. The predicted octanol–water partition coefficient (Wildman–Crippen LogP) is 2.63. The van der Waals surface area contributed by atoms with Crippen LogP contribution >= 0.6 is 0 Å². The van der Waals surface area contributed by atoms with E-state index in [4.69, 9.17) is 0 Å². The van der Waals surface area contributed by atoms with E-state index in [1.54, 1.807) is 0 Å². The minimum Gasteiger partial charge on any atom is -0.478 e. The van der Waals surface area contributed by atoms with E-state index in [9.17, 15) is 29.4 Å². The van der Waals surface area contributed by atoms with Crippen LogP contribution in [0.5, 0.6) is 0 Å². The molecule has 2 aromatic rings. The zero-order valence-electron chi connectivity index (χ0n) is 13.4. The molecule has 2 aromatic carbocycles. The average molecular weight is 341 g/mol. The van der Waals surface area contributed by atoms with Crippen molar-refractivity contribution in [3.8, 4) is 0 Å². The molecule has 1 heterocycles. The standard InChI is InChI=1S/C18H15NO6/c1-2-3-8-19-15(20)9-4-6-11(17(22)23)14-12(18(24)25)7-5-10(13(9)14)16(19)21/h4-7H,2-3,8H2,1H3,(H,22,23)(H,24,25). The SMILES string of the molecule is CCCCN1C(=O)c2ccc(C(=O)O)c3c(C(=O)O)ccc(c23)C1=O. The number of hydrogen-bond acceptors (Lipinski definition) is 4. The summed E-state index contributed by atoms with van der Waals surface area (Å²) in [5.41, 5.74) is -0.205. The van der Waals surface area contributed by atoms with Crippen LogP contribution in [0.15, 0.2) is 24.3 Å². The fraction of sp³-hybridized carbons (Fsp3) is 0.222. The second kappa shape index (κ2) is 6.01. The van der Waals surface area contributed by atoms with Crippen molar-refractivity contribution >= 4 is 34.5 Å². The molecule has 0 saturated carbocycles. The van der Waals surface area contributed by atoms with Crippen molar-refractivity contribution in [3.63, 3.8) is 0 Å². The number of carbonyl (C=O) groups excluding carboxylic acids is 2. The van der Waals surface area contributed by atoms with E-state index in [0.29, 0.717) is 6.42 Å². The molecular formula is C18H15NO6. The minimum absolute atomic E-state index is 0.0909. The molecule has 3 rings (SSSR count). The highest BCUT2D eigenvalue weighted by atomic mass is 16.4. The Labute approximate surface area is 142 Å². The maximum Gasteiger partial charge on any atom is 0.336 e. The molecule has 1 aliphatic rings. The van der Waals surface area contributed by atoms with E-state index in [0.717, 1.165) is 11.3 Å². The summed E-state index contributed by atoms with van der Waals surface area (Å²) in [5.74, 6) is -3.70. The topological polar surface area (TPSA) is 112 Å². The number of imide groups is 1. The van der Waals surface area contributed by atoms with Crippen molar-refractivity contribution in [3.05, 3.63) is 46.5 Å². The van der Waals surface area contributed by atoms with Crippen molar-refractivity contribution in [2.24, 2.45) is 0 Å². The van der Waals surface area contributed by atoms with Gasteiger partial charge in [-0.15, -0.1) is 0 Å². The molecule has 0 bridgehead atoms. The third-order valence-electron chi connectivity index (χ3n) is 4.31. The maximum absolute atomic E-state index is 12.7. The third kappa shape index (κ3) is 2.44. The van der Waals surface area contributed by atoms with Crippen LogP contribution in [-0.4, -0.2) is 45.4 Å². The first-order chi connectivity index (χ1) is 11.9. The number of rotatable bonds is 5. The summed E-state index contributed by atoms with van der Waals surface area (Å²) in [6, 6.07) is 5.10. The van der Waals surface area contributed by atoms with Gasteiger partial charge in [-0.3, -0.25) is 14.5 Å². The first-order valence-electron chi connectivity index (χ1n) is 7.81. The predicted molar refractivity (Wildman–Crippen MR) is 88.1 cm³/mol. The molecule has 2 amide bonds. The molecule has 25 heavy (non-hydrogen) atoms. The Morgan fingerprint density at radius 2 is 1.36 bits per heavy atom. The Kier molecular flexibility index (Phi) is 4.00. The van der Waals surface area contributed by atoms with Crippen molar-refractivity contribution in [2.45, 2.75) is 19.8 Å².